The van der Waals surface area contributed by atoms with Crippen molar-refractivity contribution < 1.29 is 5.11 Å². The van der Waals surface area contributed by atoms with E-state index in [1.807, 2.05) is 16.8 Å². The SMILES string of the molecule is C[C@@H](O)c1ccsc1. The smallest absolute Gasteiger partial charge is 0.0769 e. The molecule has 0 saturated heterocycles. The molecule has 1 atom stereocenters. The third kappa shape index (κ3) is 1.08. The van der Waals surface area contributed by atoms with Crippen molar-refractivity contribution in [2.24, 2.45) is 0 Å². The lowest BCUT2D eigenvalue weighted by atomic mass is 10.2. The van der Waals surface area contributed by atoms with Crippen LogP contribution in [0.4, 0.5) is 0 Å². The molecule has 0 unspecified atom stereocenters. The van der Waals surface area contributed by atoms with E-state index in [9.17, 15) is 0 Å². The van der Waals surface area contributed by atoms with Gasteiger partial charge in [0, 0.05) is 0 Å². The zero-order chi connectivity index (χ0) is 5.98. The largest absolute Gasteiger partial charge is 0.389 e. The van der Waals surface area contributed by atoms with Crippen LogP contribution in [-0.4, -0.2) is 5.11 Å². The molecule has 0 aliphatic carbocycles. The minimum atomic E-state index is -0.304. The third-order valence-electron chi connectivity index (χ3n) is 1.03. The van der Waals surface area contributed by atoms with Crippen molar-refractivity contribution in [3.05, 3.63) is 22.4 Å². The molecule has 1 rings (SSSR count). The van der Waals surface area contributed by atoms with E-state index in [1.54, 1.807) is 18.3 Å². The predicted octanol–water partition coefficient (Wildman–Crippen LogP) is 1.80. The Morgan fingerprint density at radius 3 is 2.75 bits per heavy atom. The van der Waals surface area contributed by atoms with Gasteiger partial charge in [0.25, 0.3) is 0 Å². The summed E-state index contributed by atoms with van der Waals surface area (Å²) in [6.45, 7) is 1.77. The lowest BCUT2D eigenvalue weighted by molar-refractivity contribution is 0.200. The number of hydrogen-bond acceptors (Lipinski definition) is 2. The molecular weight excluding hydrogens is 120 g/mol. The average molecular weight is 128 g/mol. The van der Waals surface area contributed by atoms with Gasteiger partial charge in [-0.3, -0.25) is 0 Å². The van der Waals surface area contributed by atoms with Gasteiger partial charge in [-0.1, -0.05) is 0 Å². The Bertz CT molecular complexity index is 144. The predicted molar refractivity (Wildman–Crippen MR) is 35.0 cm³/mol. The minimum absolute atomic E-state index is 0.304. The topological polar surface area (TPSA) is 20.2 Å². The monoisotopic (exact) mass is 128 g/mol. The molecule has 44 valence electrons. The Morgan fingerprint density at radius 2 is 2.50 bits per heavy atom. The van der Waals surface area contributed by atoms with Crippen LogP contribution in [0.5, 0.6) is 0 Å². The number of rotatable bonds is 1. The molecule has 0 radical (unpaired) electrons. The standard InChI is InChI=1S/C6H8OS/c1-5(7)6-2-3-8-4-6/h2-5,7H,1H3/t5-/m1/s1. The maximum atomic E-state index is 8.92. The van der Waals surface area contributed by atoms with Gasteiger partial charge in [0.15, 0.2) is 0 Å². The van der Waals surface area contributed by atoms with E-state index in [0.29, 0.717) is 0 Å². The minimum Gasteiger partial charge on any atom is -0.389 e. The lowest BCUT2D eigenvalue weighted by Gasteiger charge is -1.95. The van der Waals surface area contributed by atoms with E-state index in [0.717, 1.165) is 5.56 Å². The molecule has 1 heterocycles. The van der Waals surface area contributed by atoms with Crippen LogP contribution in [0.25, 0.3) is 0 Å². The summed E-state index contributed by atoms with van der Waals surface area (Å²) < 4.78 is 0. The van der Waals surface area contributed by atoms with E-state index >= 15 is 0 Å². The fourth-order valence-corrected chi connectivity index (χ4v) is 1.26. The van der Waals surface area contributed by atoms with Crippen LogP contribution in [0.3, 0.4) is 0 Å². The normalized spacial score (nSPS) is 13.8. The van der Waals surface area contributed by atoms with Gasteiger partial charge in [-0.2, -0.15) is 11.3 Å². The number of thiophene rings is 1. The fourth-order valence-electron chi connectivity index (χ4n) is 0.513. The van der Waals surface area contributed by atoms with Crippen LogP contribution in [0.15, 0.2) is 16.8 Å². The number of hydrogen-bond donors (Lipinski definition) is 1. The second-order valence-corrected chi connectivity index (χ2v) is 2.51. The summed E-state index contributed by atoms with van der Waals surface area (Å²) >= 11 is 1.61. The summed E-state index contributed by atoms with van der Waals surface area (Å²) in [4.78, 5) is 0. The summed E-state index contributed by atoms with van der Waals surface area (Å²) in [7, 11) is 0. The highest BCUT2D eigenvalue weighted by atomic mass is 32.1. The van der Waals surface area contributed by atoms with Crippen molar-refractivity contribution in [1.29, 1.82) is 0 Å². The maximum Gasteiger partial charge on any atom is 0.0769 e. The molecule has 1 aromatic heterocycles. The molecule has 1 aromatic rings. The average Bonchev–Trinajstić information content (AvgIpc) is 2.12. The van der Waals surface area contributed by atoms with Gasteiger partial charge in [-0.05, 0) is 29.3 Å². The summed E-state index contributed by atoms with van der Waals surface area (Å²) in [5.74, 6) is 0. The van der Waals surface area contributed by atoms with Gasteiger partial charge in [-0.15, -0.1) is 0 Å². The number of aliphatic hydroxyl groups is 1. The molecule has 1 N–H and O–H groups in total. The van der Waals surface area contributed by atoms with Crippen LogP contribution >= 0.6 is 11.3 Å². The molecule has 0 aliphatic rings. The molecule has 0 amide bonds. The highest BCUT2D eigenvalue weighted by Crippen LogP contribution is 2.14. The lowest BCUT2D eigenvalue weighted by Crippen LogP contribution is -1.84. The van der Waals surface area contributed by atoms with Crippen molar-refractivity contribution in [2.75, 3.05) is 0 Å². The van der Waals surface area contributed by atoms with Crippen molar-refractivity contribution >= 4 is 11.3 Å². The molecule has 0 fully saturated rings. The van der Waals surface area contributed by atoms with Gasteiger partial charge >= 0.3 is 0 Å². The van der Waals surface area contributed by atoms with Gasteiger partial charge in [0.1, 0.15) is 0 Å². The van der Waals surface area contributed by atoms with E-state index in [-0.39, 0.29) is 6.10 Å². The molecule has 1 nitrogen and oxygen atoms in total. The number of aliphatic hydroxyl groups excluding tert-OH is 1. The first-order chi connectivity index (χ1) is 3.80. The fraction of sp³-hybridized carbons (Fsp3) is 0.333. The Balaban J connectivity index is 2.77. The highest BCUT2D eigenvalue weighted by molar-refractivity contribution is 7.07. The van der Waals surface area contributed by atoms with Crippen molar-refractivity contribution in [1.82, 2.24) is 0 Å². The Morgan fingerprint density at radius 1 is 1.75 bits per heavy atom. The zero-order valence-electron chi connectivity index (χ0n) is 4.66. The van der Waals surface area contributed by atoms with Crippen LogP contribution in [0, 0.1) is 0 Å². The molecule has 0 aromatic carbocycles. The van der Waals surface area contributed by atoms with Crippen molar-refractivity contribution in [3.8, 4) is 0 Å². The first-order valence-electron chi connectivity index (χ1n) is 2.51. The van der Waals surface area contributed by atoms with E-state index in [1.165, 1.54) is 0 Å². The maximum absolute atomic E-state index is 8.92. The van der Waals surface area contributed by atoms with Gasteiger partial charge in [0.05, 0.1) is 6.10 Å². The quantitative estimate of drug-likeness (QED) is 0.611. The van der Waals surface area contributed by atoms with Crippen LogP contribution in [0.1, 0.15) is 18.6 Å². The molecule has 0 saturated carbocycles. The van der Waals surface area contributed by atoms with E-state index < -0.39 is 0 Å². The summed E-state index contributed by atoms with van der Waals surface area (Å²) in [6, 6.07) is 1.93. The zero-order valence-corrected chi connectivity index (χ0v) is 5.48. The molecule has 0 bridgehead atoms. The van der Waals surface area contributed by atoms with E-state index in [4.69, 9.17) is 5.11 Å². The molecule has 0 aliphatic heterocycles. The Labute approximate surface area is 52.6 Å². The second kappa shape index (κ2) is 2.29. The van der Waals surface area contributed by atoms with E-state index in [2.05, 4.69) is 0 Å². The molecule has 8 heavy (non-hydrogen) atoms. The first-order valence-corrected chi connectivity index (χ1v) is 3.45. The summed E-state index contributed by atoms with van der Waals surface area (Å²) in [5.41, 5.74) is 1.01. The molecular formula is C6H8OS. The Hall–Kier alpha value is -0.340. The second-order valence-electron chi connectivity index (χ2n) is 1.73. The Kier molecular flexibility index (Phi) is 1.65. The van der Waals surface area contributed by atoms with Crippen LogP contribution in [0.2, 0.25) is 0 Å². The summed E-state index contributed by atoms with van der Waals surface area (Å²) in [5, 5.41) is 12.8. The first kappa shape index (κ1) is 5.79. The molecule has 2 heteroatoms. The van der Waals surface area contributed by atoms with Crippen LogP contribution in [-0.2, 0) is 0 Å². The van der Waals surface area contributed by atoms with Crippen molar-refractivity contribution in [3.63, 3.8) is 0 Å². The van der Waals surface area contributed by atoms with Crippen LogP contribution < -0.4 is 0 Å². The summed E-state index contributed by atoms with van der Waals surface area (Å²) in [6.07, 6.45) is -0.304. The third-order valence-corrected chi connectivity index (χ3v) is 1.73. The highest BCUT2D eigenvalue weighted by Gasteiger charge is 1.96. The van der Waals surface area contributed by atoms with Crippen molar-refractivity contribution in [2.45, 2.75) is 13.0 Å². The molecule has 0 spiro atoms. The van der Waals surface area contributed by atoms with Gasteiger partial charge in [0.2, 0.25) is 0 Å². The van der Waals surface area contributed by atoms with Gasteiger partial charge < -0.3 is 5.11 Å². The van der Waals surface area contributed by atoms with Gasteiger partial charge in [-0.25, -0.2) is 0 Å².